The van der Waals surface area contributed by atoms with Crippen LogP contribution < -0.4 is 90.3 Å². The second kappa shape index (κ2) is 19.6. The van der Waals surface area contributed by atoms with Gasteiger partial charge in [-0.15, -0.1) is 20.5 Å². The number of hydrogen-bond acceptors (Lipinski definition) is 14. The van der Waals surface area contributed by atoms with Gasteiger partial charge in [0.2, 0.25) is 0 Å². The SMILES string of the molecule is CCCOc1cc(-c2cc(OCCC)c(N=Nc3c(S(=O)(=O)O)cc4cc(N)ccc4c3[O-])cc2C)c(C)cc1N=Nc1c(S(=O)(=O)O)cc2cc(N)ccc2c1[O-].[Na+].[Na+]. The van der Waals surface area contributed by atoms with Crippen LogP contribution in [0.2, 0.25) is 0 Å². The van der Waals surface area contributed by atoms with E-state index in [9.17, 15) is 36.2 Å². The van der Waals surface area contributed by atoms with Gasteiger partial charge in [0.1, 0.15) is 32.7 Å². The Labute approximate surface area is 390 Å². The Morgan fingerprint density at radius 3 is 1.28 bits per heavy atom. The molecule has 0 spiro atoms. The Balaban J connectivity index is 0.00000397. The third-order valence-corrected chi connectivity index (χ3v) is 10.7. The molecule has 0 atom stereocenters. The molecule has 6 aromatic carbocycles. The van der Waals surface area contributed by atoms with Crippen LogP contribution in [-0.2, 0) is 20.2 Å². The summed E-state index contributed by atoms with van der Waals surface area (Å²) in [6.45, 7) is 7.92. The maximum Gasteiger partial charge on any atom is 1.00 e. The van der Waals surface area contributed by atoms with Gasteiger partial charge in [-0.2, -0.15) is 16.8 Å². The van der Waals surface area contributed by atoms with Gasteiger partial charge in [0.15, 0.2) is 0 Å². The first kappa shape index (κ1) is 48.3. The van der Waals surface area contributed by atoms with E-state index in [1.807, 2.05) is 13.8 Å². The van der Waals surface area contributed by atoms with E-state index >= 15 is 0 Å². The Morgan fingerprint density at radius 2 is 0.950 bits per heavy atom. The topological polar surface area (TPSA) is 275 Å². The predicted octanol–water partition coefficient (Wildman–Crippen LogP) is 2.50. The largest absolute Gasteiger partial charge is 1.00 e. The third-order valence-electron chi connectivity index (χ3n) is 9.01. The molecule has 0 heterocycles. The maximum atomic E-state index is 13.4. The molecule has 0 radical (unpaired) electrons. The number of azo groups is 2. The molecule has 0 unspecified atom stereocenters. The van der Waals surface area contributed by atoms with Crippen LogP contribution in [0.15, 0.2) is 103 Å². The van der Waals surface area contributed by atoms with Gasteiger partial charge in [-0.1, -0.05) is 37.5 Å². The van der Waals surface area contributed by atoms with Gasteiger partial charge in [0, 0.05) is 11.4 Å². The molecule has 20 heteroatoms. The summed E-state index contributed by atoms with van der Waals surface area (Å²) in [5.41, 5.74) is 14.0. The molecule has 0 aliphatic rings. The number of aryl methyl sites for hydroxylation is 2. The molecule has 6 N–H and O–H groups in total. The van der Waals surface area contributed by atoms with E-state index in [2.05, 4.69) is 20.5 Å². The number of ether oxygens (including phenoxy) is 2. The quantitative estimate of drug-likeness (QED) is 0.0564. The van der Waals surface area contributed by atoms with Crippen LogP contribution in [0.25, 0.3) is 32.7 Å². The van der Waals surface area contributed by atoms with Gasteiger partial charge in [0.25, 0.3) is 20.2 Å². The van der Waals surface area contributed by atoms with Crippen molar-refractivity contribution in [1.29, 1.82) is 0 Å². The number of nitrogens with two attached hydrogens (primary N) is 2. The molecule has 0 aromatic heterocycles. The summed E-state index contributed by atoms with van der Waals surface area (Å²) in [5.74, 6) is -1.06. The molecule has 0 aliphatic carbocycles. The van der Waals surface area contributed by atoms with Crippen LogP contribution in [0.5, 0.6) is 23.0 Å². The summed E-state index contributed by atoms with van der Waals surface area (Å²) >= 11 is 0. The summed E-state index contributed by atoms with van der Waals surface area (Å²) < 4.78 is 81.7. The summed E-state index contributed by atoms with van der Waals surface area (Å²) in [7, 11) is -9.82. The van der Waals surface area contributed by atoms with E-state index in [4.69, 9.17) is 20.9 Å². The summed E-state index contributed by atoms with van der Waals surface area (Å²) in [6.07, 6.45) is 1.24. The van der Waals surface area contributed by atoms with Crippen LogP contribution in [0, 0.1) is 13.8 Å². The minimum absolute atomic E-state index is 0. The molecule has 0 fully saturated rings. The van der Waals surface area contributed by atoms with E-state index in [0.717, 1.165) is 12.1 Å². The molecular weight excluding hydrogens is 835 g/mol. The first-order chi connectivity index (χ1) is 27.4. The van der Waals surface area contributed by atoms with Gasteiger partial charge in [0.05, 0.1) is 24.6 Å². The number of nitrogens with zero attached hydrogens (tertiary/aromatic N) is 4. The molecule has 302 valence electrons. The Morgan fingerprint density at radius 1 is 0.583 bits per heavy atom. The van der Waals surface area contributed by atoms with Crippen LogP contribution in [-0.4, -0.2) is 39.2 Å². The summed E-state index contributed by atoms with van der Waals surface area (Å²) in [5, 5.41) is 44.1. The van der Waals surface area contributed by atoms with Crippen LogP contribution in [0.3, 0.4) is 0 Å². The molecule has 0 amide bonds. The Bertz CT molecular complexity index is 2720. The number of fused-ring (bicyclic) bond motifs is 2. The van der Waals surface area contributed by atoms with E-state index in [1.54, 1.807) is 38.1 Å². The Kier molecular flexibility index (Phi) is 15.8. The standard InChI is InChI=1S/C40H40N6O10S2.2Na/c1-5-11-55-33-19-29(21(3)13-31(33)43-45-37-35(57(49,50)51)17-23-15-25(41)7-9-27(23)39(37)47)30-20-34(56-12-6-2)32(14-22(30)4)44-46-38-36(58(52,53)54)18-24-16-26(42)8-10-28(24)40(38)48;;/h7-10,13-20,47-48H,5-6,11-12,41-42H2,1-4H3,(H,49,50,51)(H,52,53,54);;/q;2*+1/p-2. The first-order valence-corrected chi connectivity index (χ1v) is 20.7. The number of anilines is 2. The fourth-order valence-electron chi connectivity index (χ4n) is 6.24. The molecule has 0 bridgehead atoms. The summed E-state index contributed by atoms with van der Waals surface area (Å²) in [4.78, 5) is -1.47. The molecule has 60 heavy (non-hydrogen) atoms. The smallest absolute Gasteiger partial charge is 0.871 e. The Hall–Kier alpha value is -4.34. The van der Waals surface area contributed by atoms with Gasteiger partial charge in [-0.3, -0.25) is 9.11 Å². The second-order valence-corrected chi connectivity index (χ2v) is 16.2. The zero-order valence-corrected chi connectivity index (χ0v) is 39.3. The molecule has 0 aliphatic heterocycles. The molecule has 0 saturated carbocycles. The van der Waals surface area contributed by atoms with Gasteiger partial charge in [-0.05, 0) is 131 Å². The third kappa shape index (κ3) is 10.4. The van der Waals surface area contributed by atoms with E-state index < -0.39 is 52.9 Å². The van der Waals surface area contributed by atoms with Crippen LogP contribution >= 0.6 is 0 Å². The van der Waals surface area contributed by atoms with Crippen molar-refractivity contribution >= 4 is 75.9 Å². The maximum absolute atomic E-state index is 13.4. The van der Waals surface area contributed by atoms with Crippen molar-refractivity contribution in [1.82, 2.24) is 0 Å². The van der Waals surface area contributed by atoms with Gasteiger partial charge >= 0.3 is 59.1 Å². The normalized spacial score (nSPS) is 11.9. The zero-order valence-electron chi connectivity index (χ0n) is 33.7. The molecule has 16 nitrogen and oxygen atoms in total. The van der Waals surface area contributed by atoms with Crippen molar-refractivity contribution < 1.29 is 105 Å². The van der Waals surface area contributed by atoms with Crippen molar-refractivity contribution in [2.45, 2.75) is 50.3 Å². The average molecular weight is 873 g/mol. The van der Waals surface area contributed by atoms with Crippen LogP contribution in [0.1, 0.15) is 37.8 Å². The van der Waals surface area contributed by atoms with Crippen molar-refractivity contribution in [3.63, 3.8) is 0 Å². The van der Waals surface area contributed by atoms with E-state index in [0.29, 0.717) is 35.1 Å². The fraction of sp³-hybridized carbons (Fsp3) is 0.200. The molecule has 6 rings (SSSR count). The van der Waals surface area contributed by atoms with E-state index in [1.165, 1.54) is 36.4 Å². The molecular formula is C40H38N6Na2O10S2. The molecule has 0 saturated heterocycles. The average Bonchev–Trinajstić information content (AvgIpc) is 3.15. The van der Waals surface area contributed by atoms with E-state index in [-0.39, 0.29) is 128 Å². The monoisotopic (exact) mass is 872 g/mol. The van der Waals surface area contributed by atoms with Crippen molar-refractivity contribution in [2.75, 3.05) is 24.7 Å². The van der Waals surface area contributed by atoms with Crippen molar-refractivity contribution in [3.05, 3.63) is 83.9 Å². The van der Waals surface area contributed by atoms with Gasteiger partial charge in [-0.25, -0.2) is 0 Å². The number of hydrogen-bond donors (Lipinski definition) is 4. The fourth-order valence-corrected chi connectivity index (χ4v) is 7.55. The predicted molar refractivity (Wildman–Crippen MR) is 217 cm³/mol. The summed E-state index contributed by atoms with van der Waals surface area (Å²) in [6, 6.07) is 17.6. The number of benzene rings is 6. The van der Waals surface area contributed by atoms with Crippen molar-refractivity contribution in [3.8, 4) is 34.1 Å². The first-order valence-electron chi connectivity index (χ1n) is 17.8. The second-order valence-electron chi connectivity index (χ2n) is 13.4. The molecule has 6 aromatic rings. The minimum atomic E-state index is -4.91. The van der Waals surface area contributed by atoms with Gasteiger partial charge < -0.3 is 31.2 Å². The number of rotatable bonds is 13. The minimum Gasteiger partial charge on any atom is -0.871 e. The van der Waals surface area contributed by atoms with Crippen molar-refractivity contribution in [2.24, 2.45) is 20.5 Å². The zero-order chi connectivity index (χ0) is 42.1. The number of nitrogen functional groups attached to an aromatic ring is 2. The van der Waals surface area contributed by atoms with Crippen LogP contribution in [0.4, 0.5) is 34.1 Å².